The summed E-state index contributed by atoms with van der Waals surface area (Å²) in [7, 11) is 0. The molecular formula is C13H7N5O10. The Hall–Kier alpha value is -4.56. The largest absolute Gasteiger partial charge is 0.437 e. The minimum Gasteiger partial charge on any atom is -0.258 e. The topological polar surface area (TPSA) is 216 Å². The van der Waals surface area contributed by atoms with Crippen molar-refractivity contribution in [3.63, 3.8) is 0 Å². The molecule has 0 heterocycles. The Morgan fingerprint density at radius 2 is 0.857 bits per heavy atom. The van der Waals surface area contributed by atoms with Crippen molar-refractivity contribution in [2.45, 2.75) is 6.42 Å². The fourth-order valence-corrected chi connectivity index (χ4v) is 2.61. The molecule has 0 spiro atoms. The van der Waals surface area contributed by atoms with Crippen molar-refractivity contribution in [3.05, 3.63) is 92.0 Å². The van der Waals surface area contributed by atoms with Gasteiger partial charge in [-0.3, -0.25) is 50.6 Å². The van der Waals surface area contributed by atoms with E-state index in [4.69, 9.17) is 0 Å². The SMILES string of the molecule is O=[N+]([O-])c1c(Cc2ccccc2)c([N+](=O)[O-])c([N+](=O)[O-])c([N+](=O)[O-])c1[N+](=O)[O-]. The Kier molecular flexibility index (Phi) is 5.19. The first-order valence-electron chi connectivity index (χ1n) is 7.06. The highest BCUT2D eigenvalue weighted by Crippen LogP contribution is 2.52. The Balaban J connectivity index is 3.13. The number of benzene rings is 2. The lowest BCUT2D eigenvalue weighted by Gasteiger charge is -2.06. The number of nitro benzene ring substituents is 5. The molecule has 0 aliphatic heterocycles. The van der Waals surface area contributed by atoms with E-state index in [-0.39, 0.29) is 5.56 Å². The highest BCUT2D eigenvalue weighted by Gasteiger charge is 2.54. The summed E-state index contributed by atoms with van der Waals surface area (Å²) in [4.78, 5) is 49.3. The number of rotatable bonds is 7. The van der Waals surface area contributed by atoms with Crippen molar-refractivity contribution in [3.8, 4) is 0 Å². The van der Waals surface area contributed by atoms with Crippen LogP contribution in [0.15, 0.2) is 30.3 Å². The van der Waals surface area contributed by atoms with E-state index in [1.54, 1.807) is 6.07 Å². The van der Waals surface area contributed by atoms with Gasteiger partial charge in [0.1, 0.15) is 5.56 Å². The fourth-order valence-electron chi connectivity index (χ4n) is 2.61. The van der Waals surface area contributed by atoms with E-state index in [9.17, 15) is 50.6 Å². The van der Waals surface area contributed by atoms with Crippen molar-refractivity contribution in [2.24, 2.45) is 0 Å². The Morgan fingerprint density at radius 3 is 1.18 bits per heavy atom. The summed E-state index contributed by atoms with van der Waals surface area (Å²) in [6.45, 7) is 0. The lowest BCUT2D eigenvalue weighted by molar-refractivity contribution is -0.460. The number of hydrogen-bond acceptors (Lipinski definition) is 10. The van der Waals surface area contributed by atoms with Gasteiger partial charge in [-0.1, -0.05) is 30.3 Å². The molecule has 0 saturated heterocycles. The van der Waals surface area contributed by atoms with Gasteiger partial charge in [-0.2, -0.15) is 0 Å². The second-order valence-corrected chi connectivity index (χ2v) is 5.17. The molecular weight excluding hydrogens is 386 g/mol. The Bertz CT molecular complexity index is 983. The van der Waals surface area contributed by atoms with Crippen LogP contribution in [0.3, 0.4) is 0 Å². The third-order valence-electron chi connectivity index (χ3n) is 3.61. The van der Waals surface area contributed by atoms with E-state index in [1.807, 2.05) is 0 Å². The van der Waals surface area contributed by atoms with Crippen molar-refractivity contribution < 1.29 is 24.6 Å². The zero-order chi connectivity index (χ0) is 21.2. The Morgan fingerprint density at radius 1 is 0.536 bits per heavy atom. The number of nitro groups is 5. The van der Waals surface area contributed by atoms with Crippen molar-refractivity contribution in [1.29, 1.82) is 0 Å². The molecule has 15 nitrogen and oxygen atoms in total. The molecule has 0 saturated carbocycles. The molecule has 0 N–H and O–H groups in total. The van der Waals surface area contributed by atoms with E-state index >= 15 is 0 Å². The van der Waals surface area contributed by atoms with E-state index in [2.05, 4.69) is 0 Å². The highest BCUT2D eigenvalue weighted by molar-refractivity contribution is 5.86. The van der Waals surface area contributed by atoms with Gasteiger partial charge < -0.3 is 0 Å². The first-order valence-corrected chi connectivity index (χ1v) is 7.06. The predicted molar refractivity (Wildman–Crippen MR) is 89.0 cm³/mol. The summed E-state index contributed by atoms with van der Waals surface area (Å²) in [6, 6.07) is 7.20. The van der Waals surface area contributed by atoms with Crippen LogP contribution in [-0.4, -0.2) is 24.6 Å². The molecule has 144 valence electrons. The molecule has 15 heteroatoms. The van der Waals surface area contributed by atoms with Crippen LogP contribution in [0.25, 0.3) is 0 Å². The zero-order valence-corrected chi connectivity index (χ0v) is 13.4. The van der Waals surface area contributed by atoms with Crippen LogP contribution in [0, 0.1) is 50.6 Å². The minimum absolute atomic E-state index is 0.200. The van der Waals surface area contributed by atoms with Crippen molar-refractivity contribution in [2.75, 3.05) is 0 Å². The standard InChI is InChI=1S/C13H7N5O10/c19-14(20)9-8(6-7-4-2-1-3-5-7)10(15(21)22)12(17(25)26)13(18(27)28)11(9)16(23)24/h1-5H,6H2. The van der Waals surface area contributed by atoms with Crippen LogP contribution in [0.5, 0.6) is 0 Å². The average molecular weight is 393 g/mol. The summed E-state index contributed by atoms with van der Waals surface area (Å²) < 4.78 is 0. The average Bonchev–Trinajstić information content (AvgIpc) is 2.60. The van der Waals surface area contributed by atoms with E-state index in [1.165, 1.54) is 24.3 Å². The van der Waals surface area contributed by atoms with Crippen LogP contribution in [0.1, 0.15) is 11.1 Å². The quantitative estimate of drug-likeness (QED) is 0.494. The maximum atomic E-state index is 11.5. The van der Waals surface area contributed by atoms with Crippen molar-refractivity contribution in [1.82, 2.24) is 0 Å². The smallest absolute Gasteiger partial charge is 0.258 e. The number of nitrogens with zero attached hydrogens (tertiary/aromatic N) is 5. The normalized spacial score (nSPS) is 10.3. The van der Waals surface area contributed by atoms with Crippen LogP contribution < -0.4 is 0 Å². The molecule has 28 heavy (non-hydrogen) atoms. The molecule has 0 bridgehead atoms. The summed E-state index contributed by atoms with van der Waals surface area (Å²) in [6.07, 6.45) is -0.673. The summed E-state index contributed by atoms with van der Waals surface area (Å²) in [5.41, 5.74) is -9.38. The van der Waals surface area contributed by atoms with E-state index in [0.717, 1.165) is 0 Å². The second-order valence-electron chi connectivity index (χ2n) is 5.17. The molecule has 2 aromatic rings. The number of hydrogen-bond donors (Lipinski definition) is 0. The monoisotopic (exact) mass is 393 g/mol. The second kappa shape index (κ2) is 7.36. The lowest BCUT2D eigenvalue weighted by atomic mass is 9.98. The maximum absolute atomic E-state index is 11.5. The molecule has 0 unspecified atom stereocenters. The van der Waals surface area contributed by atoms with Crippen LogP contribution >= 0.6 is 0 Å². The molecule has 0 aliphatic rings. The highest BCUT2D eigenvalue weighted by atomic mass is 16.7. The van der Waals surface area contributed by atoms with Gasteiger partial charge in [-0.05, 0) is 5.56 Å². The van der Waals surface area contributed by atoms with Gasteiger partial charge in [0.15, 0.2) is 0 Å². The van der Waals surface area contributed by atoms with Crippen LogP contribution in [-0.2, 0) is 6.42 Å². The Labute approximate surface area is 152 Å². The summed E-state index contributed by atoms with van der Waals surface area (Å²) >= 11 is 0. The van der Waals surface area contributed by atoms with Gasteiger partial charge >= 0.3 is 28.4 Å². The molecule has 0 fully saturated rings. The van der Waals surface area contributed by atoms with Gasteiger partial charge in [0.25, 0.3) is 0 Å². The van der Waals surface area contributed by atoms with Gasteiger partial charge in [-0.25, -0.2) is 0 Å². The summed E-state index contributed by atoms with van der Waals surface area (Å²) in [5, 5.41) is 56.8. The van der Waals surface area contributed by atoms with E-state index < -0.39 is 65.0 Å². The first kappa shape index (κ1) is 19.8. The van der Waals surface area contributed by atoms with Gasteiger partial charge in [0.05, 0.1) is 24.6 Å². The molecule has 0 aromatic heterocycles. The van der Waals surface area contributed by atoms with E-state index in [0.29, 0.717) is 0 Å². The van der Waals surface area contributed by atoms with Gasteiger partial charge in [0.2, 0.25) is 0 Å². The molecule has 0 aliphatic carbocycles. The molecule has 0 amide bonds. The minimum atomic E-state index is -1.93. The summed E-state index contributed by atoms with van der Waals surface area (Å²) in [5.74, 6) is 0. The first-order chi connectivity index (χ1) is 13.1. The van der Waals surface area contributed by atoms with Gasteiger partial charge in [-0.15, -0.1) is 0 Å². The lowest BCUT2D eigenvalue weighted by Crippen LogP contribution is -2.11. The van der Waals surface area contributed by atoms with Crippen LogP contribution in [0.2, 0.25) is 0 Å². The third-order valence-corrected chi connectivity index (χ3v) is 3.61. The van der Waals surface area contributed by atoms with Gasteiger partial charge in [0, 0.05) is 6.42 Å². The maximum Gasteiger partial charge on any atom is 0.437 e. The van der Waals surface area contributed by atoms with Crippen LogP contribution in [0.4, 0.5) is 28.4 Å². The molecule has 0 radical (unpaired) electrons. The third kappa shape index (κ3) is 3.39. The molecule has 2 rings (SSSR count). The molecule has 0 atom stereocenters. The fraction of sp³-hybridized carbons (Fsp3) is 0.0769. The zero-order valence-electron chi connectivity index (χ0n) is 13.4. The molecule has 2 aromatic carbocycles. The predicted octanol–water partition coefficient (Wildman–Crippen LogP) is 2.82. The van der Waals surface area contributed by atoms with Crippen molar-refractivity contribution >= 4 is 28.4 Å².